The maximum Gasteiger partial charge on any atom is 0.251 e. The maximum atomic E-state index is 12.3. The SMILES string of the molecule is CC(C)(C)c1ccc(C(=O)NCc2cc(C3CC3)ncn2)cc1. The largest absolute Gasteiger partial charge is 0.346 e. The van der Waals surface area contributed by atoms with Crippen LogP contribution in [0.25, 0.3) is 0 Å². The standard InChI is InChI=1S/C19H23N3O/c1-19(2,3)15-8-6-14(7-9-15)18(23)20-11-16-10-17(13-4-5-13)22-12-21-16/h6-10,12-13H,4-5,11H2,1-3H3,(H,20,23). The van der Waals surface area contributed by atoms with E-state index in [0.717, 1.165) is 11.4 Å². The van der Waals surface area contributed by atoms with Crippen molar-refractivity contribution in [3.63, 3.8) is 0 Å². The van der Waals surface area contributed by atoms with Crippen LogP contribution in [0.5, 0.6) is 0 Å². The third-order valence-corrected chi connectivity index (χ3v) is 4.18. The molecular weight excluding hydrogens is 286 g/mol. The van der Waals surface area contributed by atoms with E-state index in [1.807, 2.05) is 30.3 Å². The van der Waals surface area contributed by atoms with Crippen LogP contribution in [-0.4, -0.2) is 15.9 Å². The van der Waals surface area contributed by atoms with Gasteiger partial charge in [0.2, 0.25) is 0 Å². The molecule has 3 rings (SSSR count). The van der Waals surface area contributed by atoms with Crippen molar-refractivity contribution in [1.82, 2.24) is 15.3 Å². The van der Waals surface area contributed by atoms with Gasteiger partial charge in [-0.1, -0.05) is 32.9 Å². The lowest BCUT2D eigenvalue weighted by Crippen LogP contribution is -2.23. The molecule has 1 heterocycles. The van der Waals surface area contributed by atoms with Gasteiger partial charge >= 0.3 is 0 Å². The fraction of sp³-hybridized carbons (Fsp3) is 0.421. The van der Waals surface area contributed by atoms with Gasteiger partial charge < -0.3 is 5.32 Å². The summed E-state index contributed by atoms with van der Waals surface area (Å²) in [6.07, 6.45) is 4.01. The van der Waals surface area contributed by atoms with Gasteiger partial charge in [-0.25, -0.2) is 9.97 Å². The molecule has 120 valence electrons. The molecule has 0 radical (unpaired) electrons. The highest BCUT2D eigenvalue weighted by atomic mass is 16.1. The molecule has 23 heavy (non-hydrogen) atoms. The van der Waals surface area contributed by atoms with Crippen LogP contribution in [0.2, 0.25) is 0 Å². The van der Waals surface area contributed by atoms with Crippen LogP contribution >= 0.6 is 0 Å². The fourth-order valence-electron chi connectivity index (χ4n) is 2.51. The van der Waals surface area contributed by atoms with E-state index >= 15 is 0 Å². The Balaban J connectivity index is 1.62. The van der Waals surface area contributed by atoms with Crippen molar-refractivity contribution < 1.29 is 4.79 Å². The van der Waals surface area contributed by atoms with Crippen molar-refractivity contribution in [2.24, 2.45) is 0 Å². The van der Waals surface area contributed by atoms with Crippen molar-refractivity contribution in [1.29, 1.82) is 0 Å². The minimum absolute atomic E-state index is 0.0722. The molecule has 1 aromatic carbocycles. The zero-order valence-corrected chi connectivity index (χ0v) is 14.0. The molecular formula is C19H23N3O. The van der Waals surface area contributed by atoms with E-state index in [2.05, 4.69) is 36.1 Å². The van der Waals surface area contributed by atoms with Crippen LogP contribution in [0.1, 0.15) is 66.8 Å². The van der Waals surface area contributed by atoms with Crippen LogP contribution in [-0.2, 0) is 12.0 Å². The molecule has 0 bridgehead atoms. The Morgan fingerprint density at radius 3 is 2.48 bits per heavy atom. The monoisotopic (exact) mass is 309 g/mol. The lowest BCUT2D eigenvalue weighted by Gasteiger charge is -2.19. The molecule has 0 unspecified atom stereocenters. The number of amides is 1. The summed E-state index contributed by atoms with van der Waals surface area (Å²) in [5, 5.41) is 2.93. The van der Waals surface area contributed by atoms with Crippen LogP contribution in [0.3, 0.4) is 0 Å². The summed E-state index contributed by atoms with van der Waals surface area (Å²) in [6, 6.07) is 9.80. The molecule has 0 atom stereocenters. The lowest BCUT2D eigenvalue weighted by atomic mass is 9.87. The lowest BCUT2D eigenvalue weighted by molar-refractivity contribution is 0.0950. The second-order valence-electron chi connectivity index (χ2n) is 7.22. The van der Waals surface area contributed by atoms with E-state index in [4.69, 9.17) is 0 Å². The first-order chi connectivity index (χ1) is 10.9. The van der Waals surface area contributed by atoms with Crippen LogP contribution < -0.4 is 5.32 Å². The summed E-state index contributed by atoms with van der Waals surface area (Å²) in [7, 11) is 0. The topological polar surface area (TPSA) is 54.9 Å². The first kappa shape index (κ1) is 15.7. The Morgan fingerprint density at radius 1 is 1.17 bits per heavy atom. The number of hydrogen-bond donors (Lipinski definition) is 1. The molecule has 1 aromatic heterocycles. The highest BCUT2D eigenvalue weighted by Gasteiger charge is 2.25. The number of carbonyl (C=O) groups excluding carboxylic acids is 1. The molecule has 1 N–H and O–H groups in total. The van der Waals surface area contributed by atoms with Gasteiger partial charge in [0.15, 0.2) is 0 Å². The Hall–Kier alpha value is -2.23. The van der Waals surface area contributed by atoms with Gasteiger partial charge in [0.05, 0.1) is 12.2 Å². The van der Waals surface area contributed by atoms with Gasteiger partial charge in [0.1, 0.15) is 6.33 Å². The van der Waals surface area contributed by atoms with Gasteiger partial charge in [-0.2, -0.15) is 0 Å². The number of carbonyl (C=O) groups is 1. The molecule has 1 fully saturated rings. The summed E-state index contributed by atoms with van der Waals surface area (Å²) >= 11 is 0. The number of nitrogens with zero attached hydrogens (tertiary/aromatic N) is 2. The van der Waals surface area contributed by atoms with Crippen molar-refractivity contribution in [3.8, 4) is 0 Å². The van der Waals surface area contributed by atoms with E-state index in [1.165, 1.54) is 18.4 Å². The second kappa shape index (κ2) is 6.11. The minimum atomic E-state index is -0.0722. The number of aromatic nitrogens is 2. The summed E-state index contributed by atoms with van der Waals surface area (Å²) in [5.41, 5.74) is 3.95. The third-order valence-electron chi connectivity index (χ3n) is 4.18. The molecule has 0 saturated heterocycles. The number of rotatable bonds is 4. The predicted octanol–water partition coefficient (Wildman–Crippen LogP) is 3.58. The Morgan fingerprint density at radius 2 is 1.87 bits per heavy atom. The fourth-order valence-corrected chi connectivity index (χ4v) is 2.51. The molecule has 0 aliphatic heterocycles. The maximum absolute atomic E-state index is 12.3. The zero-order chi connectivity index (χ0) is 16.4. The first-order valence-electron chi connectivity index (χ1n) is 8.13. The van der Waals surface area contributed by atoms with Crippen molar-refractivity contribution in [2.75, 3.05) is 0 Å². The van der Waals surface area contributed by atoms with Crippen molar-refractivity contribution >= 4 is 5.91 Å². The van der Waals surface area contributed by atoms with E-state index in [-0.39, 0.29) is 11.3 Å². The molecule has 4 heteroatoms. The average Bonchev–Trinajstić information content (AvgIpc) is 3.37. The highest BCUT2D eigenvalue weighted by Crippen LogP contribution is 2.38. The number of hydrogen-bond acceptors (Lipinski definition) is 3. The highest BCUT2D eigenvalue weighted by molar-refractivity contribution is 5.94. The minimum Gasteiger partial charge on any atom is -0.346 e. The quantitative estimate of drug-likeness (QED) is 0.939. The van der Waals surface area contributed by atoms with Crippen molar-refractivity contribution in [3.05, 3.63) is 59.2 Å². The Kier molecular flexibility index (Phi) is 4.16. The Bertz CT molecular complexity index is 697. The first-order valence-corrected chi connectivity index (χ1v) is 8.13. The summed E-state index contributed by atoms with van der Waals surface area (Å²) in [4.78, 5) is 20.8. The molecule has 1 aliphatic carbocycles. The van der Waals surface area contributed by atoms with Gasteiger partial charge in [0.25, 0.3) is 5.91 Å². The molecule has 2 aromatic rings. The smallest absolute Gasteiger partial charge is 0.251 e. The van der Waals surface area contributed by atoms with E-state index in [9.17, 15) is 4.79 Å². The third kappa shape index (κ3) is 3.95. The predicted molar refractivity (Wildman–Crippen MR) is 90.3 cm³/mol. The molecule has 0 spiro atoms. The van der Waals surface area contributed by atoms with Crippen LogP contribution in [0, 0.1) is 0 Å². The number of benzene rings is 1. The van der Waals surface area contributed by atoms with Gasteiger partial charge in [-0.3, -0.25) is 4.79 Å². The molecule has 1 amide bonds. The normalized spacial score (nSPS) is 14.6. The van der Waals surface area contributed by atoms with Gasteiger partial charge in [-0.05, 0) is 42.0 Å². The van der Waals surface area contributed by atoms with E-state index < -0.39 is 0 Å². The zero-order valence-electron chi connectivity index (χ0n) is 14.0. The summed E-state index contributed by atoms with van der Waals surface area (Å²) < 4.78 is 0. The second-order valence-corrected chi connectivity index (χ2v) is 7.22. The van der Waals surface area contributed by atoms with Crippen LogP contribution in [0.4, 0.5) is 0 Å². The van der Waals surface area contributed by atoms with Gasteiger partial charge in [-0.15, -0.1) is 0 Å². The van der Waals surface area contributed by atoms with Gasteiger partial charge in [0, 0.05) is 17.2 Å². The molecule has 1 aliphatic rings. The molecule has 4 nitrogen and oxygen atoms in total. The average molecular weight is 309 g/mol. The Labute approximate surface area is 137 Å². The number of nitrogens with one attached hydrogen (secondary N) is 1. The summed E-state index contributed by atoms with van der Waals surface area (Å²) in [6.45, 7) is 6.92. The van der Waals surface area contributed by atoms with E-state index in [0.29, 0.717) is 18.0 Å². The summed E-state index contributed by atoms with van der Waals surface area (Å²) in [5.74, 6) is 0.523. The molecule has 1 saturated carbocycles. The van der Waals surface area contributed by atoms with Crippen LogP contribution in [0.15, 0.2) is 36.7 Å². The van der Waals surface area contributed by atoms with E-state index in [1.54, 1.807) is 6.33 Å². The van der Waals surface area contributed by atoms with Crippen molar-refractivity contribution in [2.45, 2.75) is 51.5 Å².